The van der Waals surface area contributed by atoms with Crippen molar-refractivity contribution in [3.63, 3.8) is 0 Å². The van der Waals surface area contributed by atoms with Gasteiger partial charge in [-0.3, -0.25) is 4.79 Å². The lowest BCUT2D eigenvalue weighted by Gasteiger charge is -2.05. The largest absolute Gasteiger partial charge is 0.384 e. The third-order valence-electron chi connectivity index (χ3n) is 2.44. The summed E-state index contributed by atoms with van der Waals surface area (Å²) in [6.45, 7) is 3.65. The summed E-state index contributed by atoms with van der Waals surface area (Å²) in [5.74, 6) is 4.81. The molecule has 0 unspecified atom stereocenters. The molecule has 0 fully saturated rings. The minimum Gasteiger partial charge on any atom is -0.384 e. The Balaban J connectivity index is 2.61. The van der Waals surface area contributed by atoms with Gasteiger partial charge in [-0.2, -0.15) is 0 Å². The van der Waals surface area contributed by atoms with Crippen molar-refractivity contribution in [2.45, 2.75) is 13.8 Å². The molecule has 0 saturated heterocycles. The van der Waals surface area contributed by atoms with Gasteiger partial charge in [0.05, 0.1) is 15.5 Å². The van der Waals surface area contributed by atoms with Crippen LogP contribution in [0.1, 0.15) is 27.0 Å². The van der Waals surface area contributed by atoms with E-state index in [4.69, 9.17) is 5.11 Å². The average Bonchev–Trinajstić information content (AvgIpc) is 2.77. The van der Waals surface area contributed by atoms with E-state index in [2.05, 4.69) is 21.9 Å². The zero-order chi connectivity index (χ0) is 15.9. The number of amides is 1. The summed E-state index contributed by atoms with van der Waals surface area (Å²) in [5.41, 5.74) is 0.853. The number of nitrogens with one attached hydrogen (secondary N) is 2. The number of aliphatic hydroxyl groups is 1. The number of sulfonamides is 1. The Morgan fingerprint density at radius 1 is 1.48 bits per heavy atom. The molecule has 1 amide bonds. The van der Waals surface area contributed by atoms with E-state index in [1.807, 2.05) is 6.92 Å². The average molecular weight is 330 g/mol. The van der Waals surface area contributed by atoms with E-state index in [0.29, 0.717) is 11.4 Å². The van der Waals surface area contributed by atoms with Crippen molar-refractivity contribution >= 4 is 27.3 Å². The van der Waals surface area contributed by atoms with E-state index in [9.17, 15) is 13.2 Å². The van der Waals surface area contributed by atoms with Gasteiger partial charge in [0, 0.05) is 13.1 Å². The normalized spacial score (nSPS) is 10.8. The molecule has 0 aliphatic rings. The molecule has 8 heteroatoms. The van der Waals surface area contributed by atoms with E-state index in [-0.39, 0.29) is 24.8 Å². The number of hydrogen-bond acceptors (Lipinski definition) is 5. The first-order valence-electron chi connectivity index (χ1n) is 6.35. The summed E-state index contributed by atoms with van der Waals surface area (Å²) in [6, 6.07) is 1.69. The third-order valence-corrected chi connectivity index (χ3v) is 5.06. The van der Waals surface area contributed by atoms with Crippen molar-refractivity contribution in [2.24, 2.45) is 0 Å². The summed E-state index contributed by atoms with van der Waals surface area (Å²) in [4.78, 5) is 13.1. The molecular formula is C13H18N2O4S2. The molecule has 3 N–H and O–H groups in total. The van der Waals surface area contributed by atoms with Crippen molar-refractivity contribution in [3.05, 3.63) is 21.4 Å². The first-order chi connectivity index (χ1) is 9.89. The van der Waals surface area contributed by atoms with Crippen LogP contribution in [0.25, 0.3) is 0 Å². The number of aryl methyl sites for hydroxylation is 1. The molecule has 1 aromatic heterocycles. The second-order valence-electron chi connectivity index (χ2n) is 4.16. The molecule has 0 atom stereocenters. The Bertz CT molecular complexity index is 653. The number of carbonyl (C=O) groups is 1. The van der Waals surface area contributed by atoms with Crippen LogP contribution < -0.4 is 10.0 Å². The standard InChI is InChI=1S/C13H18N2O4S2/c1-3-15-21(18,19)8-6-14-13(17)12-9-10(2)11(20-12)5-4-7-16/h9,15-16H,3,6-8H2,1-2H3,(H,14,17). The number of carbonyl (C=O) groups excluding carboxylic acids is 1. The van der Waals surface area contributed by atoms with Gasteiger partial charge in [-0.25, -0.2) is 13.1 Å². The van der Waals surface area contributed by atoms with Crippen molar-refractivity contribution in [1.82, 2.24) is 10.0 Å². The highest BCUT2D eigenvalue weighted by atomic mass is 32.2. The van der Waals surface area contributed by atoms with Gasteiger partial charge in [-0.05, 0) is 18.6 Å². The molecule has 116 valence electrons. The van der Waals surface area contributed by atoms with Crippen LogP contribution in [0, 0.1) is 18.8 Å². The first-order valence-corrected chi connectivity index (χ1v) is 8.82. The van der Waals surface area contributed by atoms with Gasteiger partial charge < -0.3 is 10.4 Å². The lowest BCUT2D eigenvalue weighted by Crippen LogP contribution is -2.34. The molecular weight excluding hydrogens is 312 g/mol. The van der Waals surface area contributed by atoms with Crippen molar-refractivity contribution in [2.75, 3.05) is 25.4 Å². The first kappa shape index (κ1) is 17.7. The fourth-order valence-electron chi connectivity index (χ4n) is 1.52. The number of thiophene rings is 1. The SMILES string of the molecule is CCNS(=O)(=O)CCNC(=O)c1cc(C)c(C#CCO)s1. The smallest absolute Gasteiger partial charge is 0.261 e. The van der Waals surface area contributed by atoms with E-state index in [1.165, 1.54) is 11.3 Å². The van der Waals surface area contributed by atoms with Crippen molar-refractivity contribution in [3.8, 4) is 11.8 Å². The minimum absolute atomic E-state index is 0.0444. The topological polar surface area (TPSA) is 95.5 Å². The van der Waals surface area contributed by atoms with Gasteiger partial charge in [0.1, 0.15) is 6.61 Å². The molecule has 0 aliphatic heterocycles. The van der Waals surface area contributed by atoms with Gasteiger partial charge in [-0.15, -0.1) is 11.3 Å². The Labute approximate surface area is 128 Å². The van der Waals surface area contributed by atoms with Gasteiger partial charge in [0.15, 0.2) is 0 Å². The summed E-state index contributed by atoms with van der Waals surface area (Å²) < 4.78 is 25.2. The maximum Gasteiger partial charge on any atom is 0.261 e. The molecule has 0 bridgehead atoms. The monoisotopic (exact) mass is 330 g/mol. The predicted molar refractivity (Wildman–Crippen MR) is 82.8 cm³/mol. The zero-order valence-electron chi connectivity index (χ0n) is 11.9. The molecule has 0 aromatic carbocycles. The second-order valence-corrected chi connectivity index (χ2v) is 7.13. The highest BCUT2D eigenvalue weighted by molar-refractivity contribution is 7.89. The van der Waals surface area contributed by atoms with Gasteiger partial charge >= 0.3 is 0 Å². The Hall–Kier alpha value is -1.40. The zero-order valence-corrected chi connectivity index (χ0v) is 13.5. The quantitative estimate of drug-likeness (QED) is 0.643. The van der Waals surface area contributed by atoms with Crippen LogP contribution in [0.5, 0.6) is 0 Å². The Morgan fingerprint density at radius 2 is 2.19 bits per heavy atom. The third kappa shape index (κ3) is 5.85. The van der Waals surface area contributed by atoms with Crippen molar-refractivity contribution in [1.29, 1.82) is 0 Å². The molecule has 0 saturated carbocycles. The maximum atomic E-state index is 11.9. The summed E-state index contributed by atoms with van der Waals surface area (Å²) in [6.07, 6.45) is 0. The van der Waals surface area contributed by atoms with E-state index < -0.39 is 10.0 Å². The fraction of sp³-hybridized carbons (Fsp3) is 0.462. The summed E-state index contributed by atoms with van der Waals surface area (Å²) in [7, 11) is -3.34. The van der Waals surface area contributed by atoms with Crippen LogP contribution >= 0.6 is 11.3 Å². The molecule has 1 rings (SSSR count). The van der Waals surface area contributed by atoms with Crippen LogP contribution in [0.4, 0.5) is 0 Å². The number of rotatable bonds is 6. The van der Waals surface area contributed by atoms with Gasteiger partial charge in [0.2, 0.25) is 10.0 Å². The van der Waals surface area contributed by atoms with Crippen LogP contribution in [-0.2, 0) is 10.0 Å². The van der Waals surface area contributed by atoms with Gasteiger partial charge in [-0.1, -0.05) is 18.8 Å². The Morgan fingerprint density at radius 3 is 2.81 bits per heavy atom. The Kier molecular flexibility index (Phi) is 6.84. The summed E-state index contributed by atoms with van der Waals surface area (Å²) in [5, 5.41) is 11.2. The molecule has 21 heavy (non-hydrogen) atoms. The second kappa shape index (κ2) is 8.14. The van der Waals surface area contributed by atoms with Crippen LogP contribution in [0.2, 0.25) is 0 Å². The predicted octanol–water partition coefficient (Wildman–Crippen LogP) is 0.0694. The molecule has 1 aromatic rings. The lowest BCUT2D eigenvalue weighted by atomic mass is 10.2. The van der Waals surface area contributed by atoms with Crippen LogP contribution in [0.3, 0.4) is 0 Å². The number of aliphatic hydroxyl groups excluding tert-OH is 1. The highest BCUT2D eigenvalue weighted by Crippen LogP contribution is 2.20. The van der Waals surface area contributed by atoms with Gasteiger partial charge in [0.25, 0.3) is 5.91 Å². The maximum absolute atomic E-state index is 11.9. The minimum atomic E-state index is -3.34. The van der Waals surface area contributed by atoms with E-state index >= 15 is 0 Å². The van der Waals surface area contributed by atoms with Crippen LogP contribution in [-0.4, -0.2) is 44.9 Å². The molecule has 1 heterocycles. The van der Waals surface area contributed by atoms with E-state index in [0.717, 1.165) is 10.4 Å². The van der Waals surface area contributed by atoms with Crippen LogP contribution in [0.15, 0.2) is 6.07 Å². The highest BCUT2D eigenvalue weighted by Gasteiger charge is 2.13. The van der Waals surface area contributed by atoms with Crippen molar-refractivity contribution < 1.29 is 18.3 Å². The molecule has 0 aliphatic carbocycles. The number of hydrogen-bond donors (Lipinski definition) is 3. The lowest BCUT2D eigenvalue weighted by molar-refractivity contribution is 0.0960. The van der Waals surface area contributed by atoms with E-state index in [1.54, 1.807) is 13.0 Å². The molecule has 0 radical (unpaired) electrons. The molecule has 0 spiro atoms. The molecule has 6 nitrogen and oxygen atoms in total. The fourth-order valence-corrected chi connectivity index (χ4v) is 3.43. The summed E-state index contributed by atoms with van der Waals surface area (Å²) >= 11 is 1.21.